The minimum absolute atomic E-state index is 0.581. The van der Waals surface area contributed by atoms with Gasteiger partial charge in [-0.3, -0.25) is 0 Å². The Bertz CT molecular complexity index is 110. The lowest BCUT2D eigenvalue weighted by Crippen LogP contribution is -2.42. The first-order valence-electron chi connectivity index (χ1n) is 4.84. The summed E-state index contributed by atoms with van der Waals surface area (Å²) in [5.74, 6) is 0.717. The van der Waals surface area contributed by atoms with Crippen molar-refractivity contribution in [3.8, 4) is 0 Å². The molecule has 0 saturated heterocycles. The SMILES string of the molecule is CC(CN(C)C)NC(C)C(C)C. The molecule has 0 saturated carbocycles. The summed E-state index contributed by atoms with van der Waals surface area (Å²) in [5, 5.41) is 3.57. The first-order chi connectivity index (χ1) is 5.43. The number of likely N-dealkylation sites (N-methyl/N-ethyl adjacent to an activating group) is 1. The molecular formula is C10H24N2. The molecule has 2 unspecified atom stereocenters. The van der Waals surface area contributed by atoms with Crippen molar-refractivity contribution in [2.45, 2.75) is 39.8 Å². The van der Waals surface area contributed by atoms with Gasteiger partial charge in [-0.15, -0.1) is 0 Å². The summed E-state index contributed by atoms with van der Waals surface area (Å²) in [4.78, 5) is 2.21. The molecule has 0 aliphatic carbocycles. The van der Waals surface area contributed by atoms with Crippen molar-refractivity contribution in [1.82, 2.24) is 10.2 Å². The van der Waals surface area contributed by atoms with E-state index in [1.165, 1.54) is 0 Å². The minimum Gasteiger partial charge on any atom is -0.310 e. The van der Waals surface area contributed by atoms with Crippen LogP contribution in [0.15, 0.2) is 0 Å². The van der Waals surface area contributed by atoms with Crippen molar-refractivity contribution in [3.05, 3.63) is 0 Å². The largest absolute Gasteiger partial charge is 0.310 e. The van der Waals surface area contributed by atoms with Gasteiger partial charge >= 0.3 is 0 Å². The Hall–Kier alpha value is -0.0800. The molecule has 0 aliphatic rings. The van der Waals surface area contributed by atoms with Crippen molar-refractivity contribution in [3.63, 3.8) is 0 Å². The second-order valence-corrected chi connectivity index (χ2v) is 4.36. The van der Waals surface area contributed by atoms with Crippen LogP contribution in [0.3, 0.4) is 0 Å². The van der Waals surface area contributed by atoms with Gasteiger partial charge < -0.3 is 10.2 Å². The molecule has 0 aromatic heterocycles. The topological polar surface area (TPSA) is 15.3 Å². The van der Waals surface area contributed by atoms with E-state index in [0.717, 1.165) is 12.5 Å². The average Bonchev–Trinajstić information content (AvgIpc) is 1.84. The normalized spacial score (nSPS) is 17.0. The highest BCUT2D eigenvalue weighted by Crippen LogP contribution is 2.01. The lowest BCUT2D eigenvalue weighted by molar-refractivity contribution is 0.309. The number of hydrogen-bond donors (Lipinski definition) is 1. The zero-order chi connectivity index (χ0) is 9.72. The van der Waals surface area contributed by atoms with E-state index in [9.17, 15) is 0 Å². The molecule has 0 spiro atoms. The molecule has 0 rings (SSSR count). The molecule has 0 aliphatic heterocycles. The molecule has 0 bridgehead atoms. The molecule has 2 heteroatoms. The zero-order valence-corrected chi connectivity index (χ0v) is 9.39. The van der Waals surface area contributed by atoms with Crippen LogP contribution in [0.2, 0.25) is 0 Å². The summed E-state index contributed by atoms with van der Waals surface area (Å²) in [5.41, 5.74) is 0. The summed E-state index contributed by atoms with van der Waals surface area (Å²) in [7, 11) is 4.22. The summed E-state index contributed by atoms with van der Waals surface area (Å²) in [6.07, 6.45) is 0. The number of nitrogens with zero attached hydrogens (tertiary/aromatic N) is 1. The molecule has 0 aromatic carbocycles. The van der Waals surface area contributed by atoms with E-state index in [4.69, 9.17) is 0 Å². The highest BCUT2D eigenvalue weighted by atomic mass is 15.1. The third-order valence-corrected chi connectivity index (χ3v) is 2.19. The van der Waals surface area contributed by atoms with E-state index in [0.29, 0.717) is 12.1 Å². The molecule has 2 nitrogen and oxygen atoms in total. The van der Waals surface area contributed by atoms with Crippen LogP contribution < -0.4 is 5.32 Å². The maximum atomic E-state index is 3.57. The molecule has 74 valence electrons. The van der Waals surface area contributed by atoms with E-state index in [2.05, 4.69) is 52.0 Å². The van der Waals surface area contributed by atoms with E-state index in [-0.39, 0.29) is 0 Å². The summed E-state index contributed by atoms with van der Waals surface area (Å²) in [6, 6.07) is 1.19. The zero-order valence-electron chi connectivity index (χ0n) is 9.39. The molecule has 1 N–H and O–H groups in total. The van der Waals surface area contributed by atoms with Crippen LogP contribution in [0.1, 0.15) is 27.7 Å². The molecular weight excluding hydrogens is 148 g/mol. The molecule has 12 heavy (non-hydrogen) atoms. The lowest BCUT2D eigenvalue weighted by Gasteiger charge is -2.24. The Labute approximate surface area is 77.3 Å². The molecule has 0 radical (unpaired) electrons. The van der Waals surface area contributed by atoms with Crippen LogP contribution in [0.4, 0.5) is 0 Å². The van der Waals surface area contributed by atoms with Crippen molar-refractivity contribution < 1.29 is 0 Å². The van der Waals surface area contributed by atoms with Gasteiger partial charge in [-0.25, -0.2) is 0 Å². The Morgan fingerprint density at radius 3 is 1.92 bits per heavy atom. The van der Waals surface area contributed by atoms with Crippen LogP contribution in [0.25, 0.3) is 0 Å². The Morgan fingerprint density at radius 1 is 1.08 bits per heavy atom. The Kier molecular flexibility index (Phi) is 5.51. The monoisotopic (exact) mass is 172 g/mol. The molecule has 0 heterocycles. The fourth-order valence-corrected chi connectivity index (χ4v) is 1.24. The minimum atomic E-state index is 0.581. The molecule has 0 aromatic rings. The van der Waals surface area contributed by atoms with Gasteiger partial charge in [0, 0.05) is 18.6 Å². The van der Waals surface area contributed by atoms with Gasteiger partial charge in [0.05, 0.1) is 0 Å². The van der Waals surface area contributed by atoms with Crippen molar-refractivity contribution in [1.29, 1.82) is 0 Å². The number of hydrogen-bond acceptors (Lipinski definition) is 2. The molecule has 0 amide bonds. The summed E-state index contributed by atoms with van der Waals surface area (Å²) in [6.45, 7) is 10.1. The smallest absolute Gasteiger partial charge is 0.0169 e. The lowest BCUT2D eigenvalue weighted by atomic mass is 10.1. The van der Waals surface area contributed by atoms with Crippen LogP contribution in [-0.2, 0) is 0 Å². The van der Waals surface area contributed by atoms with Crippen LogP contribution in [-0.4, -0.2) is 37.6 Å². The maximum absolute atomic E-state index is 3.57. The van der Waals surface area contributed by atoms with Gasteiger partial charge in [0.15, 0.2) is 0 Å². The van der Waals surface area contributed by atoms with Crippen LogP contribution in [0, 0.1) is 5.92 Å². The molecule has 2 atom stereocenters. The van der Waals surface area contributed by atoms with Crippen molar-refractivity contribution in [2.24, 2.45) is 5.92 Å². The first kappa shape index (κ1) is 11.9. The maximum Gasteiger partial charge on any atom is 0.0169 e. The highest BCUT2D eigenvalue weighted by molar-refractivity contribution is 4.71. The van der Waals surface area contributed by atoms with Gasteiger partial charge in [0.1, 0.15) is 0 Å². The molecule has 0 fully saturated rings. The van der Waals surface area contributed by atoms with E-state index >= 15 is 0 Å². The number of rotatable bonds is 5. The van der Waals surface area contributed by atoms with Crippen LogP contribution in [0.5, 0.6) is 0 Å². The standard InChI is InChI=1S/C10H24N2/c1-8(2)10(4)11-9(3)7-12(5)6/h8-11H,7H2,1-6H3. The third-order valence-electron chi connectivity index (χ3n) is 2.19. The second-order valence-electron chi connectivity index (χ2n) is 4.36. The second kappa shape index (κ2) is 5.55. The average molecular weight is 172 g/mol. The first-order valence-corrected chi connectivity index (χ1v) is 4.84. The Balaban J connectivity index is 3.61. The van der Waals surface area contributed by atoms with Gasteiger partial charge in [0.2, 0.25) is 0 Å². The fourth-order valence-electron chi connectivity index (χ4n) is 1.24. The van der Waals surface area contributed by atoms with Crippen molar-refractivity contribution >= 4 is 0 Å². The number of nitrogens with one attached hydrogen (secondary N) is 1. The fraction of sp³-hybridized carbons (Fsp3) is 1.00. The summed E-state index contributed by atoms with van der Waals surface area (Å²) < 4.78 is 0. The predicted molar refractivity (Wildman–Crippen MR) is 55.5 cm³/mol. The van der Waals surface area contributed by atoms with Gasteiger partial charge in [0.25, 0.3) is 0 Å². The van der Waals surface area contributed by atoms with E-state index < -0.39 is 0 Å². The van der Waals surface area contributed by atoms with Crippen LogP contribution >= 0.6 is 0 Å². The van der Waals surface area contributed by atoms with Gasteiger partial charge in [-0.2, -0.15) is 0 Å². The summed E-state index contributed by atoms with van der Waals surface area (Å²) >= 11 is 0. The van der Waals surface area contributed by atoms with E-state index in [1.807, 2.05) is 0 Å². The third kappa shape index (κ3) is 5.56. The Morgan fingerprint density at radius 2 is 1.58 bits per heavy atom. The van der Waals surface area contributed by atoms with Crippen molar-refractivity contribution in [2.75, 3.05) is 20.6 Å². The van der Waals surface area contributed by atoms with Gasteiger partial charge in [-0.05, 0) is 33.9 Å². The quantitative estimate of drug-likeness (QED) is 0.677. The van der Waals surface area contributed by atoms with Gasteiger partial charge in [-0.1, -0.05) is 13.8 Å². The van der Waals surface area contributed by atoms with E-state index in [1.54, 1.807) is 0 Å². The highest BCUT2D eigenvalue weighted by Gasteiger charge is 2.10. The predicted octanol–water partition coefficient (Wildman–Crippen LogP) is 1.57.